The largest absolute Gasteiger partial charge is 0.487 e. The van der Waals surface area contributed by atoms with Crippen LogP contribution in [0.3, 0.4) is 0 Å². The first-order chi connectivity index (χ1) is 15.7. The molecule has 5 heteroatoms. The zero-order valence-electron chi connectivity index (χ0n) is 17.2. The first-order valence-electron chi connectivity index (χ1n) is 10.3. The fourth-order valence-corrected chi connectivity index (χ4v) is 3.74. The van der Waals surface area contributed by atoms with Crippen LogP contribution in [0.4, 0.5) is 5.82 Å². The minimum atomic E-state index is 0.406. The van der Waals surface area contributed by atoms with E-state index in [1.165, 1.54) is 0 Å². The van der Waals surface area contributed by atoms with E-state index in [0.29, 0.717) is 17.4 Å². The fourth-order valence-electron chi connectivity index (χ4n) is 3.61. The number of fused-ring (bicyclic) bond motifs is 1. The third-order valence-corrected chi connectivity index (χ3v) is 5.49. The van der Waals surface area contributed by atoms with Gasteiger partial charge in [0.2, 0.25) is 0 Å². The quantitative estimate of drug-likeness (QED) is 0.329. The number of hydrogen-bond acceptors (Lipinski definition) is 4. The molecule has 0 bridgehead atoms. The molecule has 0 aliphatic rings. The number of ether oxygens (including phenoxy) is 1. The van der Waals surface area contributed by atoms with Crippen molar-refractivity contribution in [2.45, 2.75) is 6.61 Å². The number of benzene rings is 3. The normalized spacial score (nSPS) is 10.9. The minimum Gasteiger partial charge on any atom is -0.487 e. The summed E-state index contributed by atoms with van der Waals surface area (Å²) in [7, 11) is 0. The number of para-hydroxylation sites is 1. The molecule has 32 heavy (non-hydrogen) atoms. The van der Waals surface area contributed by atoms with Gasteiger partial charge in [-0.2, -0.15) is 0 Å². The maximum absolute atomic E-state index is 6.04. The summed E-state index contributed by atoms with van der Waals surface area (Å²) in [6, 6.07) is 31.5. The smallest absolute Gasteiger partial charge is 0.130 e. The van der Waals surface area contributed by atoms with Gasteiger partial charge in [0.25, 0.3) is 0 Å². The van der Waals surface area contributed by atoms with Gasteiger partial charge in [0.1, 0.15) is 18.2 Å². The Balaban J connectivity index is 1.37. The number of nitrogens with two attached hydrogens (primary N) is 1. The molecule has 5 aromatic rings. The summed E-state index contributed by atoms with van der Waals surface area (Å²) in [6.45, 7) is 0.406. The molecule has 156 valence electrons. The summed E-state index contributed by atoms with van der Waals surface area (Å²) in [5.74, 6) is 1.25. The van der Waals surface area contributed by atoms with E-state index in [9.17, 15) is 0 Å². The minimum absolute atomic E-state index is 0.406. The zero-order valence-corrected chi connectivity index (χ0v) is 18.0. The molecule has 2 heterocycles. The van der Waals surface area contributed by atoms with E-state index in [-0.39, 0.29) is 0 Å². The van der Waals surface area contributed by atoms with Crippen LogP contribution in [0, 0.1) is 0 Å². The third-order valence-electron chi connectivity index (χ3n) is 5.24. The standard InChI is InChI=1S/C27H20ClN3O/c28-21-10-5-20(6-11-21)27-24(15-16-26(29)31-27)18-8-13-23(14-9-18)32-17-22-12-7-19-3-1-2-4-25(19)30-22/h1-16H,17H2,(H2,29,31). The molecule has 3 aromatic carbocycles. The zero-order chi connectivity index (χ0) is 21.9. The average molecular weight is 438 g/mol. The Labute approximate surface area is 191 Å². The average Bonchev–Trinajstić information content (AvgIpc) is 2.83. The second-order valence-electron chi connectivity index (χ2n) is 7.45. The predicted octanol–water partition coefficient (Wildman–Crippen LogP) is 6.78. The predicted molar refractivity (Wildman–Crippen MR) is 131 cm³/mol. The van der Waals surface area contributed by atoms with Crippen molar-refractivity contribution in [1.29, 1.82) is 0 Å². The van der Waals surface area contributed by atoms with Crippen molar-refractivity contribution in [1.82, 2.24) is 9.97 Å². The van der Waals surface area contributed by atoms with Crippen LogP contribution in [0.1, 0.15) is 5.69 Å². The van der Waals surface area contributed by atoms with Gasteiger partial charge in [0.05, 0.1) is 16.9 Å². The van der Waals surface area contributed by atoms with Crippen LogP contribution >= 0.6 is 11.6 Å². The molecule has 0 aliphatic carbocycles. The Morgan fingerprint density at radius 2 is 1.47 bits per heavy atom. The van der Waals surface area contributed by atoms with Gasteiger partial charge in [-0.1, -0.05) is 60.1 Å². The molecule has 0 spiro atoms. The summed E-state index contributed by atoms with van der Waals surface area (Å²) in [5, 5.41) is 1.80. The summed E-state index contributed by atoms with van der Waals surface area (Å²) in [5.41, 5.74) is 11.6. The van der Waals surface area contributed by atoms with Gasteiger partial charge in [-0.05, 0) is 54.1 Å². The highest BCUT2D eigenvalue weighted by atomic mass is 35.5. The van der Waals surface area contributed by atoms with Crippen LogP contribution in [0.25, 0.3) is 33.3 Å². The summed E-state index contributed by atoms with van der Waals surface area (Å²) >= 11 is 6.04. The van der Waals surface area contributed by atoms with E-state index in [0.717, 1.165) is 44.7 Å². The molecule has 0 saturated heterocycles. The maximum Gasteiger partial charge on any atom is 0.130 e. The van der Waals surface area contributed by atoms with Crippen LogP contribution in [-0.2, 0) is 6.61 Å². The number of nitrogen functional groups attached to an aromatic ring is 1. The molecule has 2 N–H and O–H groups in total. The molecule has 0 saturated carbocycles. The molecule has 5 rings (SSSR count). The van der Waals surface area contributed by atoms with Gasteiger partial charge in [-0.15, -0.1) is 0 Å². The summed E-state index contributed by atoms with van der Waals surface area (Å²) in [6.07, 6.45) is 0. The molecule has 0 aliphatic heterocycles. The van der Waals surface area contributed by atoms with E-state index in [1.807, 2.05) is 84.9 Å². The number of pyridine rings is 2. The van der Waals surface area contributed by atoms with Gasteiger partial charge >= 0.3 is 0 Å². The molecule has 0 radical (unpaired) electrons. The summed E-state index contributed by atoms with van der Waals surface area (Å²) < 4.78 is 5.97. The lowest BCUT2D eigenvalue weighted by Crippen LogP contribution is -1.98. The lowest BCUT2D eigenvalue weighted by molar-refractivity contribution is 0.302. The number of halogens is 1. The third kappa shape index (κ3) is 4.27. The van der Waals surface area contributed by atoms with E-state index in [4.69, 9.17) is 22.1 Å². The van der Waals surface area contributed by atoms with E-state index < -0.39 is 0 Å². The molecule has 0 fully saturated rings. The highest BCUT2D eigenvalue weighted by molar-refractivity contribution is 6.30. The number of anilines is 1. The summed E-state index contributed by atoms with van der Waals surface area (Å²) in [4.78, 5) is 9.23. The van der Waals surface area contributed by atoms with Crippen molar-refractivity contribution in [2.75, 3.05) is 5.73 Å². The number of aromatic nitrogens is 2. The van der Waals surface area contributed by atoms with Crippen molar-refractivity contribution in [3.63, 3.8) is 0 Å². The second kappa shape index (κ2) is 8.69. The van der Waals surface area contributed by atoms with Gasteiger partial charge in [-0.25, -0.2) is 9.97 Å². The van der Waals surface area contributed by atoms with Crippen LogP contribution in [0.15, 0.2) is 97.1 Å². The fraction of sp³-hybridized carbons (Fsp3) is 0.0370. The Hall–Kier alpha value is -3.89. The Kier molecular flexibility index (Phi) is 5.44. The number of nitrogens with zero attached hydrogens (tertiary/aromatic N) is 2. The number of rotatable bonds is 5. The molecule has 2 aromatic heterocycles. The molecule has 0 atom stereocenters. The Bertz CT molecular complexity index is 1380. The van der Waals surface area contributed by atoms with Crippen molar-refractivity contribution in [2.24, 2.45) is 0 Å². The van der Waals surface area contributed by atoms with E-state index >= 15 is 0 Å². The lowest BCUT2D eigenvalue weighted by Gasteiger charge is -2.12. The number of hydrogen-bond donors (Lipinski definition) is 1. The lowest BCUT2D eigenvalue weighted by atomic mass is 9.99. The van der Waals surface area contributed by atoms with Gasteiger partial charge in [0.15, 0.2) is 0 Å². The van der Waals surface area contributed by atoms with E-state index in [2.05, 4.69) is 22.1 Å². The maximum atomic E-state index is 6.04. The van der Waals surface area contributed by atoms with Crippen molar-refractivity contribution in [3.8, 4) is 28.1 Å². The monoisotopic (exact) mass is 437 g/mol. The Morgan fingerprint density at radius 3 is 2.28 bits per heavy atom. The van der Waals surface area contributed by atoms with Crippen LogP contribution < -0.4 is 10.5 Å². The highest BCUT2D eigenvalue weighted by Gasteiger charge is 2.10. The molecule has 4 nitrogen and oxygen atoms in total. The van der Waals surface area contributed by atoms with Crippen molar-refractivity contribution < 1.29 is 4.74 Å². The first kappa shape index (κ1) is 20.0. The van der Waals surface area contributed by atoms with Crippen molar-refractivity contribution in [3.05, 3.63) is 108 Å². The van der Waals surface area contributed by atoms with Crippen LogP contribution in [0.5, 0.6) is 5.75 Å². The van der Waals surface area contributed by atoms with E-state index in [1.54, 1.807) is 0 Å². The van der Waals surface area contributed by atoms with Gasteiger partial charge in [0, 0.05) is 21.5 Å². The second-order valence-corrected chi connectivity index (χ2v) is 7.88. The SMILES string of the molecule is Nc1ccc(-c2ccc(OCc3ccc4ccccc4n3)cc2)c(-c2ccc(Cl)cc2)n1. The highest BCUT2D eigenvalue weighted by Crippen LogP contribution is 2.33. The van der Waals surface area contributed by atoms with Crippen molar-refractivity contribution >= 4 is 28.3 Å². The topological polar surface area (TPSA) is 61.0 Å². The Morgan fingerprint density at radius 1 is 0.719 bits per heavy atom. The molecule has 0 unspecified atom stereocenters. The molecular formula is C27H20ClN3O. The van der Waals surface area contributed by atoms with Gasteiger partial charge < -0.3 is 10.5 Å². The van der Waals surface area contributed by atoms with Crippen LogP contribution in [-0.4, -0.2) is 9.97 Å². The molecule has 0 amide bonds. The molecular weight excluding hydrogens is 418 g/mol. The van der Waals surface area contributed by atoms with Gasteiger partial charge in [-0.3, -0.25) is 0 Å². The van der Waals surface area contributed by atoms with Crippen LogP contribution in [0.2, 0.25) is 5.02 Å². The first-order valence-corrected chi connectivity index (χ1v) is 10.6.